The first-order chi connectivity index (χ1) is 16.1. The molecule has 174 valence electrons. The van der Waals surface area contributed by atoms with Crippen LogP contribution in [0.25, 0.3) is 0 Å². The maximum atomic E-state index is 11.5. The third-order valence-corrected chi connectivity index (χ3v) is 6.98. The monoisotopic (exact) mass is 483 g/mol. The molecule has 3 aromatic rings. The predicted molar refractivity (Wildman–Crippen MR) is 136 cm³/mol. The highest BCUT2D eigenvalue weighted by Crippen LogP contribution is 2.23. The SMILES string of the molecule is Cc1ccc(S(N)=O)cc1Nc1cnc(Nc2ccc(SNCCN3CCCC3)cc2)nc1. The van der Waals surface area contributed by atoms with Gasteiger partial charge < -0.3 is 15.5 Å². The summed E-state index contributed by atoms with van der Waals surface area (Å²) in [6, 6.07) is 13.6. The number of anilines is 4. The molecule has 5 N–H and O–H groups in total. The van der Waals surface area contributed by atoms with Gasteiger partial charge in [0, 0.05) is 29.4 Å². The van der Waals surface area contributed by atoms with Gasteiger partial charge in [0.1, 0.15) is 11.0 Å². The molecule has 33 heavy (non-hydrogen) atoms. The Balaban J connectivity index is 1.27. The van der Waals surface area contributed by atoms with Gasteiger partial charge in [-0.2, -0.15) is 0 Å². The van der Waals surface area contributed by atoms with Crippen LogP contribution in [-0.2, 0) is 11.0 Å². The maximum Gasteiger partial charge on any atom is 0.227 e. The van der Waals surface area contributed by atoms with Gasteiger partial charge in [-0.1, -0.05) is 6.07 Å². The molecule has 1 atom stereocenters. The first-order valence-corrected chi connectivity index (χ1v) is 12.9. The van der Waals surface area contributed by atoms with Crippen molar-refractivity contribution < 1.29 is 4.21 Å². The van der Waals surface area contributed by atoms with Crippen LogP contribution < -0.4 is 20.5 Å². The summed E-state index contributed by atoms with van der Waals surface area (Å²) in [7, 11) is -1.53. The average Bonchev–Trinajstić information content (AvgIpc) is 3.34. The zero-order chi connectivity index (χ0) is 23.0. The van der Waals surface area contributed by atoms with Crippen LogP contribution in [0.5, 0.6) is 0 Å². The van der Waals surface area contributed by atoms with Gasteiger partial charge in [0.15, 0.2) is 0 Å². The van der Waals surface area contributed by atoms with Gasteiger partial charge in [-0.05, 0) is 86.8 Å². The Morgan fingerprint density at radius 2 is 1.76 bits per heavy atom. The van der Waals surface area contributed by atoms with E-state index in [0.717, 1.165) is 35.7 Å². The van der Waals surface area contributed by atoms with Crippen LogP contribution in [0.15, 0.2) is 64.6 Å². The fraction of sp³-hybridized carbons (Fsp3) is 0.304. The van der Waals surface area contributed by atoms with Gasteiger partial charge in [0.25, 0.3) is 0 Å². The van der Waals surface area contributed by atoms with Crippen LogP contribution in [0.3, 0.4) is 0 Å². The zero-order valence-electron chi connectivity index (χ0n) is 18.6. The molecule has 0 bridgehead atoms. The first-order valence-electron chi connectivity index (χ1n) is 10.9. The molecule has 0 spiro atoms. The molecule has 0 amide bonds. The molecule has 1 saturated heterocycles. The third-order valence-electron chi connectivity index (χ3n) is 5.40. The molecule has 0 radical (unpaired) electrons. The number of rotatable bonds is 10. The molecule has 1 aromatic heterocycles. The van der Waals surface area contributed by atoms with Crippen LogP contribution in [-0.4, -0.2) is 45.3 Å². The highest BCUT2D eigenvalue weighted by molar-refractivity contribution is 7.97. The van der Waals surface area contributed by atoms with E-state index in [-0.39, 0.29) is 0 Å². The second kappa shape index (κ2) is 11.6. The van der Waals surface area contributed by atoms with Crippen molar-refractivity contribution in [2.75, 3.05) is 36.8 Å². The quantitative estimate of drug-likeness (QED) is 0.254. The summed E-state index contributed by atoms with van der Waals surface area (Å²) in [5.41, 5.74) is 3.48. The second-order valence-electron chi connectivity index (χ2n) is 7.89. The Bertz CT molecular complexity index is 1070. The minimum absolute atomic E-state index is 0.512. The number of likely N-dealkylation sites (tertiary alicyclic amines) is 1. The number of hydrogen-bond acceptors (Lipinski definition) is 8. The van der Waals surface area contributed by atoms with E-state index in [2.05, 4.69) is 42.4 Å². The van der Waals surface area contributed by atoms with E-state index in [9.17, 15) is 4.21 Å². The van der Waals surface area contributed by atoms with Crippen LogP contribution in [0, 0.1) is 6.92 Å². The molecule has 1 fully saturated rings. The molecule has 8 nitrogen and oxygen atoms in total. The largest absolute Gasteiger partial charge is 0.353 e. The Labute approximate surface area is 201 Å². The predicted octanol–water partition coefficient (Wildman–Crippen LogP) is 3.95. The van der Waals surface area contributed by atoms with Crippen molar-refractivity contribution in [1.29, 1.82) is 0 Å². The standard InChI is InChI=1S/C23H29N7OS2/c1-17-4-9-21(33(24)31)14-22(17)28-19-15-25-23(26-16-19)29-18-5-7-20(8-6-18)32-27-10-13-30-11-2-3-12-30/h4-9,14-16,27-28H,2-3,10-13,24H2,1H3,(H,25,26,29). The van der Waals surface area contributed by atoms with E-state index in [0.29, 0.717) is 10.8 Å². The summed E-state index contributed by atoms with van der Waals surface area (Å²) in [5, 5.41) is 12.0. The molecular weight excluding hydrogens is 454 g/mol. The van der Waals surface area contributed by atoms with Crippen LogP contribution in [0.4, 0.5) is 23.0 Å². The van der Waals surface area contributed by atoms with Gasteiger partial charge in [-0.15, -0.1) is 0 Å². The van der Waals surface area contributed by atoms with Crippen molar-refractivity contribution >= 4 is 45.9 Å². The molecule has 0 aliphatic carbocycles. The van der Waals surface area contributed by atoms with Gasteiger partial charge in [0.05, 0.1) is 23.0 Å². The van der Waals surface area contributed by atoms with E-state index in [4.69, 9.17) is 5.14 Å². The molecule has 4 rings (SSSR count). The van der Waals surface area contributed by atoms with Crippen molar-refractivity contribution in [3.05, 3.63) is 60.4 Å². The topological polar surface area (TPSA) is 108 Å². The fourth-order valence-electron chi connectivity index (χ4n) is 3.55. The normalized spacial score (nSPS) is 14.8. The van der Waals surface area contributed by atoms with Crippen molar-refractivity contribution in [3.63, 3.8) is 0 Å². The van der Waals surface area contributed by atoms with Crippen molar-refractivity contribution in [2.45, 2.75) is 29.6 Å². The van der Waals surface area contributed by atoms with E-state index in [1.165, 1.54) is 30.8 Å². The van der Waals surface area contributed by atoms with Crippen molar-refractivity contribution in [2.24, 2.45) is 5.14 Å². The van der Waals surface area contributed by atoms with E-state index < -0.39 is 11.0 Å². The fourth-order valence-corrected chi connectivity index (χ4v) is 4.62. The van der Waals surface area contributed by atoms with E-state index in [1.54, 1.807) is 36.5 Å². The lowest BCUT2D eigenvalue weighted by Gasteiger charge is -2.14. The minimum atomic E-state index is -1.53. The molecule has 2 heterocycles. The number of nitrogens with two attached hydrogens (primary N) is 1. The first kappa shape index (κ1) is 23.7. The summed E-state index contributed by atoms with van der Waals surface area (Å²) in [4.78, 5) is 13.0. The lowest BCUT2D eigenvalue weighted by atomic mass is 10.2. The molecule has 1 unspecified atom stereocenters. The van der Waals surface area contributed by atoms with E-state index in [1.807, 2.05) is 25.1 Å². The lowest BCUT2D eigenvalue weighted by Crippen LogP contribution is -2.27. The average molecular weight is 484 g/mol. The number of benzene rings is 2. The number of aryl methyl sites for hydroxylation is 1. The molecular formula is C23H29N7OS2. The number of nitrogens with zero attached hydrogens (tertiary/aromatic N) is 3. The van der Waals surface area contributed by atoms with Crippen LogP contribution in [0.1, 0.15) is 18.4 Å². The summed E-state index contributed by atoms with van der Waals surface area (Å²) in [6.45, 7) is 6.51. The molecule has 2 aromatic carbocycles. The third kappa shape index (κ3) is 6.99. The zero-order valence-corrected chi connectivity index (χ0v) is 20.2. The summed E-state index contributed by atoms with van der Waals surface area (Å²) in [6.07, 6.45) is 6.07. The summed E-state index contributed by atoms with van der Waals surface area (Å²) < 4.78 is 15.0. The minimum Gasteiger partial charge on any atom is -0.353 e. The Morgan fingerprint density at radius 1 is 1.03 bits per heavy atom. The lowest BCUT2D eigenvalue weighted by molar-refractivity contribution is 0.345. The second-order valence-corrected chi connectivity index (χ2v) is 9.92. The van der Waals surface area contributed by atoms with Gasteiger partial charge in [-0.25, -0.2) is 19.3 Å². The number of aromatic nitrogens is 2. The molecule has 10 heteroatoms. The summed E-state index contributed by atoms with van der Waals surface area (Å²) >= 11 is 1.65. The number of nitrogens with one attached hydrogen (secondary N) is 3. The highest BCUT2D eigenvalue weighted by Gasteiger charge is 2.10. The molecule has 0 saturated carbocycles. The smallest absolute Gasteiger partial charge is 0.227 e. The maximum absolute atomic E-state index is 11.5. The van der Waals surface area contributed by atoms with Crippen molar-refractivity contribution in [3.8, 4) is 0 Å². The Hall–Kier alpha value is -2.50. The van der Waals surface area contributed by atoms with Gasteiger partial charge in [0.2, 0.25) is 5.95 Å². The van der Waals surface area contributed by atoms with E-state index >= 15 is 0 Å². The molecule has 1 aliphatic rings. The number of hydrogen-bond donors (Lipinski definition) is 4. The molecule has 1 aliphatic heterocycles. The van der Waals surface area contributed by atoms with Gasteiger partial charge in [-0.3, -0.25) is 4.72 Å². The Morgan fingerprint density at radius 3 is 2.45 bits per heavy atom. The van der Waals surface area contributed by atoms with Crippen LogP contribution >= 0.6 is 11.9 Å². The van der Waals surface area contributed by atoms with Gasteiger partial charge >= 0.3 is 0 Å². The van der Waals surface area contributed by atoms with Crippen molar-refractivity contribution in [1.82, 2.24) is 19.6 Å². The Kier molecular flexibility index (Phi) is 8.30. The summed E-state index contributed by atoms with van der Waals surface area (Å²) in [5.74, 6) is 0.512. The highest BCUT2D eigenvalue weighted by atomic mass is 32.2. The van der Waals surface area contributed by atoms with Crippen LogP contribution in [0.2, 0.25) is 0 Å².